The van der Waals surface area contributed by atoms with Crippen LogP contribution in [0.15, 0.2) is 24.3 Å². The summed E-state index contributed by atoms with van der Waals surface area (Å²) in [7, 11) is 0. The van der Waals surface area contributed by atoms with Crippen LogP contribution in [-0.2, 0) is 13.1 Å². The molecule has 96 valence electrons. The van der Waals surface area contributed by atoms with Gasteiger partial charge in [0.05, 0.1) is 33.7 Å². The zero-order valence-corrected chi connectivity index (χ0v) is 11.9. The molecular weight excluding hydrogens is 269 g/mol. The molecule has 5 heteroatoms. The minimum absolute atomic E-state index is 0.608. The van der Waals surface area contributed by atoms with Crippen molar-refractivity contribution in [2.45, 2.75) is 26.9 Å². The molecule has 0 saturated heterocycles. The lowest BCUT2D eigenvalue weighted by Gasteiger charge is -2.09. The number of rotatable bonds is 4. The van der Waals surface area contributed by atoms with Gasteiger partial charge in [0.2, 0.25) is 0 Å². The zero-order chi connectivity index (χ0) is 13.1. The van der Waals surface area contributed by atoms with E-state index in [-0.39, 0.29) is 0 Å². The predicted molar refractivity (Wildman–Crippen MR) is 76.4 cm³/mol. The second-order valence-electron chi connectivity index (χ2n) is 4.00. The Morgan fingerprint density at radius 3 is 2.67 bits per heavy atom. The van der Waals surface area contributed by atoms with Crippen molar-refractivity contribution in [1.82, 2.24) is 9.78 Å². The van der Waals surface area contributed by atoms with Gasteiger partial charge in [0.25, 0.3) is 0 Å². The summed E-state index contributed by atoms with van der Waals surface area (Å²) in [5.41, 5.74) is 2.74. The molecule has 2 aromatic rings. The van der Waals surface area contributed by atoms with E-state index in [9.17, 15) is 0 Å². The normalized spacial score (nSPS) is 10.7. The number of para-hydroxylation sites is 1. The molecule has 0 aliphatic carbocycles. The SMILES string of the molecule is CCn1nc(C)c(Cl)c1CNc1ccccc1Cl. The molecule has 18 heavy (non-hydrogen) atoms. The summed E-state index contributed by atoms with van der Waals surface area (Å²) in [6.07, 6.45) is 0. The Balaban J connectivity index is 2.18. The molecule has 0 saturated carbocycles. The first-order valence-electron chi connectivity index (χ1n) is 5.83. The van der Waals surface area contributed by atoms with E-state index < -0.39 is 0 Å². The number of hydrogen-bond acceptors (Lipinski definition) is 2. The van der Waals surface area contributed by atoms with E-state index in [0.29, 0.717) is 11.6 Å². The lowest BCUT2D eigenvalue weighted by molar-refractivity contribution is 0.623. The van der Waals surface area contributed by atoms with Crippen molar-refractivity contribution < 1.29 is 0 Å². The van der Waals surface area contributed by atoms with Crippen molar-refractivity contribution in [2.75, 3.05) is 5.32 Å². The molecule has 1 aromatic heterocycles. The summed E-state index contributed by atoms with van der Waals surface area (Å²) in [4.78, 5) is 0. The average molecular weight is 284 g/mol. The van der Waals surface area contributed by atoms with E-state index in [2.05, 4.69) is 10.4 Å². The largest absolute Gasteiger partial charge is 0.378 e. The number of aromatic nitrogens is 2. The van der Waals surface area contributed by atoms with Gasteiger partial charge in [0.1, 0.15) is 0 Å². The van der Waals surface area contributed by atoms with E-state index in [1.807, 2.05) is 42.8 Å². The minimum atomic E-state index is 0.608. The van der Waals surface area contributed by atoms with Crippen LogP contribution in [0.2, 0.25) is 10.0 Å². The van der Waals surface area contributed by atoms with Crippen molar-refractivity contribution in [2.24, 2.45) is 0 Å². The van der Waals surface area contributed by atoms with Gasteiger partial charge in [-0.05, 0) is 26.0 Å². The van der Waals surface area contributed by atoms with Gasteiger partial charge in [0, 0.05) is 6.54 Å². The molecule has 0 aliphatic heterocycles. The van der Waals surface area contributed by atoms with Gasteiger partial charge in [-0.1, -0.05) is 35.3 Å². The van der Waals surface area contributed by atoms with Crippen molar-refractivity contribution in [3.8, 4) is 0 Å². The van der Waals surface area contributed by atoms with Gasteiger partial charge < -0.3 is 5.32 Å². The first-order chi connectivity index (χ1) is 8.63. The Hall–Kier alpha value is -1.19. The maximum absolute atomic E-state index is 6.24. The van der Waals surface area contributed by atoms with Crippen LogP contribution in [0.25, 0.3) is 0 Å². The molecule has 0 amide bonds. The monoisotopic (exact) mass is 283 g/mol. The third-order valence-corrected chi connectivity index (χ3v) is 3.59. The summed E-state index contributed by atoms with van der Waals surface area (Å²) in [5, 5.41) is 9.08. The highest BCUT2D eigenvalue weighted by Crippen LogP contribution is 2.24. The molecule has 2 rings (SSSR count). The molecule has 0 spiro atoms. The van der Waals surface area contributed by atoms with Gasteiger partial charge in [-0.25, -0.2) is 0 Å². The third kappa shape index (κ3) is 2.62. The van der Waals surface area contributed by atoms with Crippen LogP contribution in [0.4, 0.5) is 5.69 Å². The van der Waals surface area contributed by atoms with E-state index in [4.69, 9.17) is 23.2 Å². The molecule has 0 atom stereocenters. The maximum atomic E-state index is 6.24. The lowest BCUT2D eigenvalue weighted by atomic mass is 10.3. The number of anilines is 1. The summed E-state index contributed by atoms with van der Waals surface area (Å²) in [6, 6.07) is 7.64. The summed E-state index contributed by atoms with van der Waals surface area (Å²) in [6.45, 7) is 5.36. The van der Waals surface area contributed by atoms with Gasteiger partial charge in [-0.2, -0.15) is 5.10 Å². The smallest absolute Gasteiger partial charge is 0.0865 e. The van der Waals surface area contributed by atoms with Crippen LogP contribution in [-0.4, -0.2) is 9.78 Å². The Morgan fingerprint density at radius 1 is 1.28 bits per heavy atom. The number of nitrogens with one attached hydrogen (secondary N) is 1. The molecule has 0 fully saturated rings. The lowest BCUT2D eigenvalue weighted by Crippen LogP contribution is -2.08. The Bertz CT molecular complexity index is 549. The number of aryl methyl sites for hydroxylation is 2. The first-order valence-corrected chi connectivity index (χ1v) is 6.59. The minimum Gasteiger partial charge on any atom is -0.378 e. The Kier molecular flexibility index (Phi) is 4.15. The number of hydrogen-bond donors (Lipinski definition) is 1. The predicted octanol–water partition coefficient (Wildman–Crippen LogP) is 4.13. The summed E-state index contributed by atoms with van der Waals surface area (Å²) >= 11 is 12.3. The fraction of sp³-hybridized carbons (Fsp3) is 0.308. The van der Waals surface area contributed by atoms with Crippen molar-refractivity contribution in [3.05, 3.63) is 45.7 Å². The highest BCUT2D eigenvalue weighted by molar-refractivity contribution is 6.33. The Labute approximate surface area is 117 Å². The van der Waals surface area contributed by atoms with Crippen LogP contribution < -0.4 is 5.32 Å². The van der Waals surface area contributed by atoms with E-state index in [0.717, 1.165) is 28.6 Å². The number of benzene rings is 1. The van der Waals surface area contributed by atoms with E-state index >= 15 is 0 Å². The van der Waals surface area contributed by atoms with Crippen molar-refractivity contribution in [1.29, 1.82) is 0 Å². The van der Waals surface area contributed by atoms with Gasteiger partial charge in [0.15, 0.2) is 0 Å². The highest BCUT2D eigenvalue weighted by Gasteiger charge is 2.12. The zero-order valence-electron chi connectivity index (χ0n) is 10.4. The molecule has 1 N–H and O–H groups in total. The van der Waals surface area contributed by atoms with Crippen LogP contribution in [0.3, 0.4) is 0 Å². The first kappa shape index (κ1) is 13.2. The van der Waals surface area contributed by atoms with Gasteiger partial charge in [-0.3, -0.25) is 4.68 Å². The topological polar surface area (TPSA) is 29.9 Å². The standard InChI is InChI=1S/C13H15Cl2N3/c1-3-18-12(13(15)9(2)17-18)8-16-11-7-5-4-6-10(11)14/h4-7,16H,3,8H2,1-2H3. The van der Waals surface area contributed by atoms with Crippen LogP contribution in [0, 0.1) is 6.92 Å². The molecule has 0 radical (unpaired) electrons. The summed E-state index contributed by atoms with van der Waals surface area (Å²) in [5.74, 6) is 0. The van der Waals surface area contributed by atoms with Crippen LogP contribution >= 0.6 is 23.2 Å². The van der Waals surface area contributed by atoms with E-state index in [1.54, 1.807) is 0 Å². The number of halogens is 2. The molecule has 1 aromatic carbocycles. The van der Waals surface area contributed by atoms with Crippen molar-refractivity contribution in [3.63, 3.8) is 0 Å². The quantitative estimate of drug-likeness (QED) is 0.914. The number of nitrogens with zero attached hydrogens (tertiary/aromatic N) is 2. The van der Waals surface area contributed by atoms with Gasteiger partial charge in [-0.15, -0.1) is 0 Å². The third-order valence-electron chi connectivity index (χ3n) is 2.77. The maximum Gasteiger partial charge on any atom is 0.0865 e. The van der Waals surface area contributed by atoms with Gasteiger partial charge >= 0.3 is 0 Å². The molecule has 0 aliphatic rings. The molecular formula is C13H15Cl2N3. The molecule has 1 heterocycles. The fourth-order valence-corrected chi connectivity index (χ4v) is 2.23. The molecule has 3 nitrogen and oxygen atoms in total. The summed E-state index contributed by atoms with van der Waals surface area (Å²) < 4.78 is 1.90. The van der Waals surface area contributed by atoms with Crippen LogP contribution in [0.5, 0.6) is 0 Å². The molecule has 0 unspecified atom stereocenters. The fourth-order valence-electron chi connectivity index (χ4n) is 1.82. The van der Waals surface area contributed by atoms with Crippen LogP contribution in [0.1, 0.15) is 18.3 Å². The second kappa shape index (κ2) is 5.63. The highest BCUT2D eigenvalue weighted by atomic mass is 35.5. The average Bonchev–Trinajstić information content (AvgIpc) is 2.65. The van der Waals surface area contributed by atoms with Crippen molar-refractivity contribution >= 4 is 28.9 Å². The molecule has 0 bridgehead atoms. The van der Waals surface area contributed by atoms with E-state index in [1.165, 1.54) is 0 Å². The second-order valence-corrected chi connectivity index (χ2v) is 4.78. The Morgan fingerprint density at radius 2 is 2.00 bits per heavy atom.